The third-order valence-electron chi connectivity index (χ3n) is 4.58. The molecule has 0 saturated heterocycles. The summed E-state index contributed by atoms with van der Waals surface area (Å²) in [6, 6.07) is 10.3. The van der Waals surface area contributed by atoms with Crippen molar-refractivity contribution in [3.8, 4) is 6.07 Å². The van der Waals surface area contributed by atoms with Crippen LogP contribution >= 0.6 is 0 Å². The molecule has 2 N–H and O–H groups in total. The lowest BCUT2D eigenvalue weighted by Crippen LogP contribution is -2.40. The fourth-order valence-corrected chi connectivity index (χ4v) is 3.27. The first kappa shape index (κ1) is 20.5. The number of aromatic nitrogens is 1. The molecule has 1 aromatic heterocycles. The van der Waals surface area contributed by atoms with E-state index in [0.29, 0.717) is 5.56 Å². The van der Waals surface area contributed by atoms with E-state index in [9.17, 15) is 19.2 Å². The maximum absolute atomic E-state index is 13.5. The number of benzene rings is 1. The van der Waals surface area contributed by atoms with Crippen LogP contribution in [0.4, 0.5) is 10.1 Å². The number of methoxy groups -OCH3 is 2. The van der Waals surface area contributed by atoms with Gasteiger partial charge in [-0.25, -0.2) is 14.0 Å². The molecule has 3 rings (SSSR count). The number of allylic oxidation sites excluding steroid dienone is 1. The molecule has 152 valence electrons. The first-order chi connectivity index (χ1) is 14.4. The van der Waals surface area contributed by atoms with Crippen molar-refractivity contribution in [3.63, 3.8) is 0 Å². The molecule has 0 amide bonds. The van der Waals surface area contributed by atoms with Crippen molar-refractivity contribution in [2.45, 2.75) is 5.92 Å². The number of pyridine rings is 1. The monoisotopic (exact) mass is 408 g/mol. The van der Waals surface area contributed by atoms with Crippen LogP contribution in [0.2, 0.25) is 0 Å². The van der Waals surface area contributed by atoms with Crippen LogP contribution in [0.15, 0.2) is 71.5 Å². The molecule has 9 heteroatoms. The topological polar surface area (TPSA) is 119 Å². The van der Waals surface area contributed by atoms with E-state index < -0.39 is 23.7 Å². The van der Waals surface area contributed by atoms with Gasteiger partial charge in [-0.2, -0.15) is 5.26 Å². The number of anilines is 1. The normalized spacial score (nSPS) is 16.2. The number of halogens is 1. The summed E-state index contributed by atoms with van der Waals surface area (Å²) in [5.41, 5.74) is 6.63. The molecule has 0 unspecified atom stereocenters. The molecule has 0 spiro atoms. The Morgan fingerprint density at radius 2 is 1.83 bits per heavy atom. The van der Waals surface area contributed by atoms with Crippen molar-refractivity contribution in [1.82, 2.24) is 4.98 Å². The van der Waals surface area contributed by atoms with E-state index in [1.807, 2.05) is 6.07 Å². The van der Waals surface area contributed by atoms with Gasteiger partial charge in [0.05, 0.1) is 37.4 Å². The van der Waals surface area contributed by atoms with Crippen molar-refractivity contribution in [2.24, 2.45) is 5.73 Å². The Hall–Kier alpha value is -4.19. The van der Waals surface area contributed by atoms with Gasteiger partial charge in [-0.3, -0.25) is 9.88 Å². The third kappa shape index (κ3) is 3.46. The van der Waals surface area contributed by atoms with Gasteiger partial charge < -0.3 is 15.2 Å². The van der Waals surface area contributed by atoms with Gasteiger partial charge in [0.1, 0.15) is 17.3 Å². The molecule has 30 heavy (non-hydrogen) atoms. The lowest BCUT2D eigenvalue weighted by Gasteiger charge is -2.35. The molecule has 0 fully saturated rings. The minimum Gasteiger partial charge on any atom is -0.466 e. The molecule has 0 bridgehead atoms. The van der Waals surface area contributed by atoms with Crippen LogP contribution in [0.25, 0.3) is 0 Å². The Morgan fingerprint density at radius 1 is 1.17 bits per heavy atom. The second-order valence-electron chi connectivity index (χ2n) is 6.19. The lowest BCUT2D eigenvalue weighted by molar-refractivity contribution is -0.139. The predicted molar refractivity (Wildman–Crippen MR) is 104 cm³/mol. The summed E-state index contributed by atoms with van der Waals surface area (Å²) in [5.74, 6) is -3.36. The van der Waals surface area contributed by atoms with Gasteiger partial charge in [-0.05, 0) is 35.9 Å². The zero-order valence-corrected chi connectivity index (χ0v) is 16.1. The van der Waals surface area contributed by atoms with Crippen molar-refractivity contribution < 1.29 is 23.5 Å². The van der Waals surface area contributed by atoms with Crippen molar-refractivity contribution in [2.75, 3.05) is 19.1 Å². The zero-order valence-electron chi connectivity index (χ0n) is 16.1. The van der Waals surface area contributed by atoms with Crippen LogP contribution in [0.1, 0.15) is 11.5 Å². The fourth-order valence-electron chi connectivity index (χ4n) is 3.27. The van der Waals surface area contributed by atoms with Crippen LogP contribution in [0.3, 0.4) is 0 Å². The van der Waals surface area contributed by atoms with E-state index in [2.05, 4.69) is 4.98 Å². The number of esters is 2. The highest BCUT2D eigenvalue weighted by atomic mass is 19.1. The summed E-state index contributed by atoms with van der Waals surface area (Å²) in [4.78, 5) is 30.8. The maximum atomic E-state index is 13.5. The summed E-state index contributed by atoms with van der Waals surface area (Å²) in [5, 5.41) is 9.87. The minimum absolute atomic E-state index is 0.000350. The number of hydrogen-bond donors (Lipinski definition) is 1. The van der Waals surface area contributed by atoms with Crippen molar-refractivity contribution >= 4 is 17.6 Å². The van der Waals surface area contributed by atoms with Crippen LogP contribution in [0.5, 0.6) is 0 Å². The predicted octanol–water partition coefficient (Wildman–Crippen LogP) is 2.12. The summed E-state index contributed by atoms with van der Waals surface area (Å²) in [7, 11) is 2.30. The summed E-state index contributed by atoms with van der Waals surface area (Å²) < 4.78 is 23.3. The molecule has 1 atom stereocenters. The first-order valence-corrected chi connectivity index (χ1v) is 8.70. The standard InChI is InChI=1S/C21H17FN4O4/c1-29-20(27)17-16(12-4-3-9-25-11-12)15(10-23)19(24)26(18(17)21(28)30-2)14-7-5-13(22)6-8-14/h3-9,11,16H,24H2,1-2H3/t16-/m1/s1. The highest BCUT2D eigenvalue weighted by Crippen LogP contribution is 2.42. The first-order valence-electron chi connectivity index (χ1n) is 8.70. The van der Waals surface area contributed by atoms with E-state index in [1.165, 1.54) is 29.4 Å². The molecule has 1 aromatic carbocycles. The van der Waals surface area contributed by atoms with Crippen LogP contribution < -0.4 is 10.6 Å². The molecule has 1 aliphatic heterocycles. The summed E-state index contributed by atoms with van der Waals surface area (Å²) >= 11 is 0. The van der Waals surface area contributed by atoms with Gasteiger partial charge in [0.25, 0.3) is 0 Å². The number of ether oxygens (including phenoxy) is 2. The molecule has 0 radical (unpaired) electrons. The average Bonchev–Trinajstić information content (AvgIpc) is 2.78. The molecule has 2 aromatic rings. The highest BCUT2D eigenvalue weighted by molar-refractivity contribution is 6.06. The van der Waals surface area contributed by atoms with Crippen molar-refractivity contribution in [3.05, 3.63) is 82.8 Å². The summed E-state index contributed by atoms with van der Waals surface area (Å²) in [6.07, 6.45) is 2.99. The number of carbonyl (C=O) groups excluding carboxylic acids is 2. The van der Waals surface area contributed by atoms with Gasteiger partial charge in [0, 0.05) is 18.1 Å². The molecular weight excluding hydrogens is 391 g/mol. The summed E-state index contributed by atoms with van der Waals surface area (Å²) in [6.45, 7) is 0. The Morgan fingerprint density at radius 3 is 2.37 bits per heavy atom. The minimum atomic E-state index is -1.01. The van der Waals surface area contributed by atoms with Crippen LogP contribution in [0, 0.1) is 17.1 Å². The number of nitriles is 1. The van der Waals surface area contributed by atoms with E-state index in [0.717, 1.165) is 26.4 Å². The van der Waals surface area contributed by atoms with E-state index in [4.69, 9.17) is 15.2 Å². The number of carbonyl (C=O) groups is 2. The highest BCUT2D eigenvalue weighted by Gasteiger charge is 2.43. The molecular formula is C21H17FN4O4. The molecule has 0 saturated carbocycles. The fraction of sp³-hybridized carbons (Fsp3) is 0.143. The van der Waals surface area contributed by atoms with E-state index >= 15 is 0 Å². The largest absolute Gasteiger partial charge is 0.466 e. The lowest BCUT2D eigenvalue weighted by atomic mass is 9.81. The van der Waals surface area contributed by atoms with Gasteiger partial charge in [0.15, 0.2) is 0 Å². The molecule has 0 aliphatic carbocycles. The molecule has 8 nitrogen and oxygen atoms in total. The average molecular weight is 408 g/mol. The number of rotatable bonds is 4. The zero-order chi connectivity index (χ0) is 21.8. The van der Waals surface area contributed by atoms with E-state index in [-0.39, 0.29) is 28.4 Å². The smallest absolute Gasteiger partial charge is 0.355 e. The van der Waals surface area contributed by atoms with Gasteiger partial charge in [-0.15, -0.1) is 0 Å². The van der Waals surface area contributed by atoms with E-state index in [1.54, 1.807) is 12.1 Å². The number of nitrogens with two attached hydrogens (primary N) is 1. The Bertz CT molecular complexity index is 1090. The second kappa shape index (κ2) is 8.45. The van der Waals surface area contributed by atoms with Crippen molar-refractivity contribution in [1.29, 1.82) is 5.26 Å². The Balaban J connectivity index is 2.39. The Kier molecular flexibility index (Phi) is 5.78. The Labute approximate surface area is 171 Å². The SMILES string of the molecule is COC(=O)C1=C(C(=O)OC)N(c2ccc(F)cc2)C(N)=C(C#N)[C@H]1c1cccnc1. The number of nitrogens with zero attached hydrogens (tertiary/aromatic N) is 3. The van der Waals surface area contributed by atoms with Crippen LogP contribution in [-0.4, -0.2) is 31.1 Å². The number of hydrogen-bond acceptors (Lipinski definition) is 8. The maximum Gasteiger partial charge on any atom is 0.355 e. The third-order valence-corrected chi connectivity index (χ3v) is 4.58. The van der Waals surface area contributed by atoms with Crippen LogP contribution in [-0.2, 0) is 19.1 Å². The van der Waals surface area contributed by atoms with Gasteiger partial charge in [0.2, 0.25) is 0 Å². The molecule has 1 aliphatic rings. The second-order valence-corrected chi connectivity index (χ2v) is 6.19. The quantitative estimate of drug-likeness (QED) is 0.764. The van der Waals surface area contributed by atoms with Gasteiger partial charge >= 0.3 is 11.9 Å². The molecule has 2 heterocycles. The van der Waals surface area contributed by atoms with Gasteiger partial charge in [-0.1, -0.05) is 6.07 Å².